The molecule has 1 spiro atoms. The summed E-state index contributed by atoms with van der Waals surface area (Å²) < 4.78 is 11.6. The van der Waals surface area contributed by atoms with E-state index in [-0.39, 0.29) is 36.4 Å². The molecular weight excluding hydrogens is 468 g/mol. The molecule has 184 valence electrons. The van der Waals surface area contributed by atoms with E-state index < -0.39 is 5.60 Å². The number of rotatable bonds is 3. The number of Topliss-reactive ketones (excluding diaryl/α,β-unsaturated/α-hetero) is 1. The van der Waals surface area contributed by atoms with Crippen LogP contribution in [0.1, 0.15) is 47.2 Å². The summed E-state index contributed by atoms with van der Waals surface area (Å²) in [4.78, 5) is 42.5. The second-order valence-corrected chi connectivity index (χ2v) is 10.2. The van der Waals surface area contributed by atoms with Crippen LogP contribution in [0.5, 0.6) is 11.5 Å². The van der Waals surface area contributed by atoms with E-state index in [2.05, 4.69) is 0 Å². The molecule has 2 aromatic carbocycles. The van der Waals surface area contributed by atoms with Crippen molar-refractivity contribution in [1.29, 1.82) is 0 Å². The number of hydrogen-bond donors (Lipinski definition) is 0. The van der Waals surface area contributed by atoms with Gasteiger partial charge in [-0.15, -0.1) is 0 Å². The number of anilines is 1. The average molecular weight is 497 g/mol. The molecule has 2 saturated heterocycles. The van der Waals surface area contributed by atoms with E-state index in [1.54, 1.807) is 12.0 Å². The summed E-state index contributed by atoms with van der Waals surface area (Å²) in [5.41, 5.74) is 2.39. The monoisotopic (exact) mass is 496 g/mol. The van der Waals surface area contributed by atoms with Crippen LogP contribution in [0.15, 0.2) is 30.3 Å². The van der Waals surface area contributed by atoms with Gasteiger partial charge in [-0.25, -0.2) is 0 Å². The topological polar surface area (TPSA) is 76.2 Å². The maximum absolute atomic E-state index is 13.3. The summed E-state index contributed by atoms with van der Waals surface area (Å²) in [6.45, 7) is 5.13. The van der Waals surface area contributed by atoms with E-state index in [4.69, 9.17) is 21.1 Å². The lowest BCUT2D eigenvalue weighted by atomic mass is 9.81. The molecule has 0 radical (unpaired) electrons. The van der Waals surface area contributed by atoms with Crippen molar-refractivity contribution in [2.75, 3.05) is 31.6 Å². The Kier molecular flexibility index (Phi) is 5.99. The highest BCUT2D eigenvalue weighted by molar-refractivity contribution is 6.32. The predicted molar refractivity (Wildman–Crippen MR) is 133 cm³/mol. The molecule has 3 aliphatic rings. The first kappa shape index (κ1) is 23.7. The van der Waals surface area contributed by atoms with Gasteiger partial charge in [0.05, 0.1) is 25.0 Å². The fourth-order valence-electron chi connectivity index (χ4n) is 5.56. The SMILES string of the molecule is COc1ccc(N2CC(C(=O)N3CCC4(CC3)CC(=O)c3c(cc(C)c(Cl)c3C)O4)CC2=O)cc1. The number of methoxy groups -OCH3 is 1. The van der Waals surface area contributed by atoms with Crippen molar-refractivity contribution in [3.05, 3.63) is 52.0 Å². The Morgan fingerprint density at radius 2 is 1.83 bits per heavy atom. The van der Waals surface area contributed by atoms with Gasteiger partial charge in [-0.05, 0) is 55.3 Å². The number of carbonyl (C=O) groups is 3. The second-order valence-electron chi connectivity index (χ2n) is 9.82. The summed E-state index contributed by atoms with van der Waals surface area (Å²) >= 11 is 6.36. The summed E-state index contributed by atoms with van der Waals surface area (Å²) in [6.07, 6.45) is 1.64. The number of halogens is 1. The molecule has 35 heavy (non-hydrogen) atoms. The normalized spacial score (nSPS) is 21.2. The fourth-order valence-corrected chi connectivity index (χ4v) is 5.71. The molecule has 0 N–H and O–H groups in total. The molecule has 8 heteroatoms. The minimum atomic E-state index is -0.603. The number of hydrogen-bond acceptors (Lipinski definition) is 5. The first-order valence-corrected chi connectivity index (χ1v) is 12.3. The molecule has 2 aromatic rings. The first-order chi connectivity index (χ1) is 16.7. The first-order valence-electron chi connectivity index (χ1n) is 12.0. The van der Waals surface area contributed by atoms with Crippen LogP contribution in [0, 0.1) is 19.8 Å². The Hall–Kier alpha value is -3.06. The summed E-state index contributed by atoms with van der Waals surface area (Å²) in [7, 11) is 1.60. The lowest BCUT2D eigenvalue weighted by molar-refractivity contribution is -0.139. The maximum atomic E-state index is 13.3. The number of likely N-dealkylation sites (tertiary alicyclic amines) is 1. The van der Waals surface area contributed by atoms with Gasteiger partial charge in [-0.2, -0.15) is 0 Å². The van der Waals surface area contributed by atoms with E-state index in [1.165, 1.54) is 0 Å². The number of aryl methyl sites for hydroxylation is 1. The van der Waals surface area contributed by atoms with Gasteiger partial charge in [0.25, 0.3) is 0 Å². The number of ether oxygens (including phenoxy) is 2. The number of fused-ring (bicyclic) bond motifs is 1. The highest BCUT2D eigenvalue weighted by Crippen LogP contribution is 2.43. The molecule has 3 heterocycles. The number of amides is 2. The van der Waals surface area contributed by atoms with Gasteiger partial charge in [-0.3, -0.25) is 14.4 Å². The van der Waals surface area contributed by atoms with E-state index in [1.807, 2.05) is 49.1 Å². The van der Waals surface area contributed by atoms with Crippen LogP contribution < -0.4 is 14.4 Å². The van der Waals surface area contributed by atoms with Gasteiger partial charge in [0, 0.05) is 49.6 Å². The third-order valence-corrected chi connectivity index (χ3v) is 8.16. The summed E-state index contributed by atoms with van der Waals surface area (Å²) in [6, 6.07) is 9.13. The van der Waals surface area contributed by atoms with Crippen molar-refractivity contribution in [3.63, 3.8) is 0 Å². The Morgan fingerprint density at radius 1 is 1.14 bits per heavy atom. The third-order valence-electron chi connectivity index (χ3n) is 7.58. The molecule has 5 rings (SSSR count). The molecule has 7 nitrogen and oxygen atoms in total. The zero-order chi connectivity index (χ0) is 24.9. The standard InChI is InChI=1S/C27H29ClN2O5/c1-16-12-22-24(17(2)25(16)28)21(31)14-27(35-22)8-10-29(11-9-27)26(33)18-13-23(32)30(15-18)19-4-6-20(34-3)7-5-19/h4-7,12,18H,8-11,13-15H2,1-3H3. The number of carbonyl (C=O) groups excluding carboxylic acids is 3. The van der Waals surface area contributed by atoms with Crippen LogP contribution in [-0.4, -0.2) is 54.8 Å². The van der Waals surface area contributed by atoms with Crippen molar-refractivity contribution in [1.82, 2.24) is 4.90 Å². The van der Waals surface area contributed by atoms with Gasteiger partial charge < -0.3 is 19.3 Å². The van der Waals surface area contributed by atoms with Crippen molar-refractivity contribution < 1.29 is 23.9 Å². The van der Waals surface area contributed by atoms with Crippen LogP contribution in [0.2, 0.25) is 5.02 Å². The van der Waals surface area contributed by atoms with Crippen molar-refractivity contribution in [2.24, 2.45) is 5.92 Å². The summed E-state index contributed by atoms with van der Waals surface area (Å²) in [5, 5.41) is 0.604. The molecule has 0 aromatic heterocycles. The zero-order valence-corrected chi connectivity index (χ0v) is 21.0. The molecule has 0 bridgehead atoms. The smallest absolute Gasteiger partial charge is 0.228 e. The van der Waals surface area contributed by atoms with Gasteiger partial charge in [-0.1, -0.05) is 11.6 Å². The molecule has 2 fully saturated rings. The molecule has 2 amide bonds. The van der Waals surface area contributed by atoms with Crippen LogP contribution >= 0.6 is 11.6 Å². The number of nitrogens with zero attached hydrogens (tertiary/aromatic N) is 2. The predicted octanol–water partition coefficient (Wildman–Crippen LogP) is 4.34. The van der Waals surface area contributed by atoms with Crippen molar-refractivity contribution >= 4 is 34.9 Å². The Balaban J connectivity index is 1.25. The van der Waals surface area contributed by atoms with E-state index in [0.717, 1.165) is 22.6 Å². The van der Waals surface area contributed by atoms with Crippen LogP contribution in [0.4, 0.5) is 5.69 Å². The fraction of sp³-hybridized carbons (Fsp3) is 0.444. The molecule has 1 atom stereocenters. The Labute approximate surface area is 209 Å². The van der Waals surface area contributed by atoms with Gasteiger partial charge in [0.1, 0.15) is 17.1 Å². The molecule has 0 aliphatic carbocycles. The number of piperidine rings is 1. The largest absolute Gasteiger partial charge is 0.497 e. The zero-order valence-electron chi connectivity index (χ0n) is 20.2. The van der Waals surface area contributed by atoms with Crippen LogP contribution in [0.25, 0.3) is 0 Å². The van der Waals surface area contributed by atoms with Gasteiger partial charge in [0.15, 0.2) is 5.78 Å². The highest BCUT2D eigenvalue weighted by atomic mass is 35.5. The molecule has 1 unspecified atom stereocenters. The molecular formula is C27H29ClN2O5. The summed E-state index contributed by atoms with van der Waals surface area (Å²) in [5.74, 6) is 0.920. The molecule has 0 saturated carbocycles. The second kappa shape index (κ2) is 8.86. The Bertz CT molecular complexity index is 1200. The maximum Gasteiger partial charge on any atom is 0.228 e. The van der Waals surface area contributed by atoms with E-state index in [0.29, 0.717) is 48.8 Å². The van der Waals surface area contributed by atoms with Crippen LogP contribution in [0.3, 0.4) is 0 Å². The minimum Gasteiger partial charge on any atom is -0.497 e. The number of benzene rings is 2. The van der Waals surface area contributed by atoms with Gasteiger partial charge >= 0.3 is 0 Å². The third kappa shape index (κ3) is 4.16. The lowest BCUT2D eigenvalue weighted by Gasteiger charge is -2.44. The minimum absolute atomic E-state index is 0.00906. The van der Waals surface area contributed by atoms with Gasteiger partial charge in [0.2, 0.25) is 11.8 Å². The quantitative estimate of drug-likeness (QED) is 0.631. The van der Waals surface area contributed by atoms with Crippen molar-refractivity contribution in [3.8, 4) is 11.5 Å². The van der Waals surface area contributed by atoms with E-state index in [9.17, 15) is 14.4 Å². The average Bonchev–Trinajstić information content (AvgIpc) is 3.24. The molecule has 3 aliphatic heterocycles. The van der Waals surface area contributed by atoms with E-state index >= 15 is 0 Å². The van der Waals surface area contributed by atoms with Crippen molar-refractivity contribution in [2.45, 2.75) is 45.1 Å². The highest BCUT2D eigenvalue weighted by Gasteiger charge is 2.46. The van der Waals surface area contributed by atoms with Crippen LogP contribution in [-0.2, 0) is 9.59 Å². The lowest BCUT2D eigenvalue weighted by Crippen LogP contribution is -2.53. The Morgan fingerprint density at radius 3 is 2.49 bits per heavy atom. The number of ketones is 1.